The molecule has 2 aromatic heterocycles. The third-order valence-corrected chi connectivity index (χ3v) is 4.53. The van der Waals surface area contributed by atoms with Crippen LogP contribution in [0.25, 0.3) is 22.2 Å². The maximum absolute atomic E-state index is 12.2. The van der Waals surface area contributed by atoms with E-state index in [2.05, 4.69) is 27.3 Å². The molecule has 4 rings (SSSR count). The molecule has 4 aromatic rings. The van der Waals surface area contributed by atoms with Gasteiger partial charge in [0.05, 0.1) is 17.5 Å². The quantitative estimate of drug-likeness (QED) is 0.504. The third kappa shape index (κ3) is 4.06. The molecule has 0 saturated carbocycles. The van der Waals surface area contributed by atoms with Crippen LogP contribution in [0.3, 0.4) is 0 Å². The summed E-state index contributed by atoms with van der Waals surface area (Å²) >= 11 is 0. The maximum atomic E-state index is 12.2. The first-order chi connectivity index (χ1) is 14.1. The Morgan fingerprint density at radius 1 is 1.10 bits per heavy atom. The zero-order valence-electron chi connectivity index (χ0n) is 15.7. The first-order valence-electron chi connectivity index (χ1n) is 9.18. The summed E-state index contributed by atoms with van der Waals surface area (Å²) in [6.07, 6.45) is 0.865. The molecule has 2 aromatic carbocycles. The molecule has 0 radical (unpaired) electrons. The van der Waals surface area contributed by atoms with Crippen LogP contribution in [0.15, 0.2) is 57.8 Å². The molecule has 1 N–H and O–H groups in total. The van der Waals surface area contributed by atoms with E-state index >= 15 is 0 Å². The Kier molecular flexibility index (Phi) is 5.15. The minimum atomic E-state index is -0.512. The number of carbonyl (C=O) groups is 1. The minimum absolute atomic E-state index is 0.0865. The van der Waals surface area contributed by atoms with Crippen molar-refractivity contribution in [2.45, 2.75) is 26.4 Å². The zero-order chi connectivity index (χ0) is 20.2. The Balaban J connectivity index is 1.41. The molecular weight excluding hydrogens is 372 g/mol. The molecule has 0 spiro atoms. The highest BCUT2D eigenvalue weighted by Crippen LogP contribution is 2.17. The Hall–Kier alpha value is -3.81. The molecule has 29 heavy (non-hydrogen) atoms. The van der Waals surface area contributed by atoms with Crippen molar-refractivity contribution in [2.24, 2.45) is 0 Å². The molecule has 0 bridgehead atoms. The molecule has 146 valence electrons. The van der Waals surface area contributed by atoms with Crippen molar-refractivity contribution in [1.29, 1.82) is 0 Å². The molecule has 8 heteroatoms. The number of aryl methyl sites for hydroxylation is 1. The number of ether oxygens (including phenoxy) is 1. The van der Waals surface area contributed by atoms with Crippen LogP contribution >= 0.6 is 0 Å². The molecule has 8 nitrogen and oxygen atoms in total. The molecule has 2 heterocycles. The normalized spacial score (nSPS) is 10.9. The number of hydrogen-bond donors (Lipinski definition) is 1. The van der Waals surface area contributed by atoms with Gasteiger partial charge in [-0.1, -0.05) is 54.5 Å². The molecule has 0 aliphatic rings. The number of aromatic amines is 1. The highest BCUT2D eigenvalue weighted by atomic mass is 16.6. The van der Waals surface area contributed by atoms with E-state index in [-0.39, 0.29) is 24.5 Å². The van der Waals surface area contributed by atoms with Crippen molar-refractivity contribution in [2.75, 3.05) is 0 Å². The number of fused-ring (bicyclic) bond motifs is 1. The van der Waals surface area contributed by atoms with Gasteiger partial charge in [-0.25, -0.2) is 5.10 Å². The Labute approximate surface area is 165 Å². The van der Waals surface area contributed by atoms with Gasteiger partial charge in [-0.2, -0.15) is 10.1 Å². The number of nitrogens with one attached hydrogen (secondary N) is 1. The van der Waals surface area contributed by atoms with E-state index in [0.29, 0.717) is 22.3 Å². The summed E-state index contributed by atoms with van der Waals surface area (Å²) in [6.45, 7) is 1.95. The van der Waals surface area contributed by atoms with Gasteiger partial charge in [0.1, 0.15) is 0 Å². The van der Waals surface area contributed by atoms with Gasteiger partial charge in [0.25, 0.3) is 11.4 Å². The second kappa shape index (κ2) is 8.05. The van der Waals surface area contributed by atoms with Gasteiger partial charge in [-0.15, -0.1) is 0 Å². The predicted molar refractivity (Wildman–Crippen MR) is 105 cm³/mol. The summed E-state index contributed by atoms with van der Waals surface area (Å²) < 4.78 is 10.4. The van der Waals surface area contributed by atoms with Gasteiger partial charge in [0.15, 0.2) is 6.61 Å². The second-order valence-electron chi connectivity index (χ2n) is 6.44. The summed E-state index contributed by atoms with van der Waals surface area (Å²) in [5.74, 6) is 0.126. The van der Waals surface area contributed by atoms with Crippen molar-refractivity contribution >= 4 is 16.7 Å². The van der Waals surface area contributed by atoms with E-state index in [1.54, 1.807) is 24.3 Å². The van der Waals surface area contributed by atoms with Crippen LogP contribution in [0.4, 0.5) is 0 Å². The van der Waals surface area contributed by atoms with Gasteiger partial charge in [-0.3, -0.25) is 9.59 Å². The van der Waals surface area contributed by atoms with Gasteiger partial charge in [-0.05, 0) is 18.1 Å². The SMILES string of the molecule is CCc1ccc(-c2noc(COC(=O)Cc3n[nH]c(=O)c4ccccc34)n2)cc1. The Morgan fingerprint density at radius 2 is 1.86 bits per heavy atom. The lowest BCUT2D eigenvalue weighted by molar-refractivity contribution is -0.144. The lowest BCUT2D eigenvalue weighted by Crippen LogP contribution is -2.15. The Bertz CT molecular complexity index is 1210. The van der Waals surface area contributed by atoms with Gasteiger partial charge >= 0.3 is 5.97 Å². The monoisotopic (exact) mass is 390 g/mol. The molecular formula is C21H18N4O4. The lowest BCUT2D eigenvalue weighted by atomic mass is 10.1. The number of aromatic nitrogens is 4. The zero-order valence-corrected chi connectivity index (χ0v) is 15.7. The Morgan fingerprint density at radius 3 is 2.62 bits per heavy atom. The first-order valence-corrected chi connectivity index (χ1v) is 9.18. The number of esters is 1. The molecule has 0 aliphatic heterocycles. The van der Waals surface area contributed by atoms with Gasteiger partial charge < -0.3 is 9.26 Å². The summed E-state index contributed by atoms with van der Waals surface area (Å²) in [5.41, 5.74) is 2.18. The highest BCUT2D eigenvalue weighted by Gasteiger charge is 2.14. The van der Waals surface area contributed by atoms with Gasteiger partial charge in [0.2, 0.25) is 5.82 Å². The average Bonchev–Trinajstić information content (AvgIpc) is 3.24. The second-order valence-corrected chi connectivity index (χ2v) is 6.44. The highest BCUT2D eigenvalue weighted by molar-refractivity contribution is 5.86. The summed E-state index contributed by atoms with van der Waals surface area (Å²) in [4.78, 5) is 28.3. The van der Waals surface area contributed by atoms with Crippen LogP contribution in [0, 0.1) is 0 Å². The number of benzene rings is 2. The topological polar surface area (TPSA) is 111 Å². The largest absolute Gasteiger partial charge is 0.455 e. The van der Waals surface area contributed by atoms with E-state index in [9.17, 15) is 9.59 Å². The van der Waals surface area contributed by atoms with Crippen molar-refractivity contribution in [3.8, 4) is 11.4 Å². The third-order valence-electron chi connectivity index (χ3n) is 4.53. The molecule has 0 fully saturated rings. The van der Waals surface area contributed by atoms with E-state index < -0.39 is 5.97 Å². The van der Waals surface area contributed by atoms with E-state index in [4.69, 9.17) is 9.26 Å². The predicted octanol–water partition coefficient (Wildman–Crippen LogP) is 2.82. The van der Waals surface area contributed by atoms with Crippen LogP contribution in [0.5, 0.6) is 0 Å². The summed E-state index contributed by atoms with van der Waals surface area (Å²) in [6, 6.07) is 14.8. The standard InChI is InChI=1S/C21H18N4O4/c1-2-13-7-9-14(10-8-13)20-22-18(29-25-20)12-28-19(26)11-17-15-5-3-4-6-16(15)21(27)24-23-17/h3-10H,2,11-12H2,1H3,(H,24,27). The number of nitrogens with zero attached hydrogens (tertiary/aromatic N) is 3. The first kappa shape index (κ1) is 18.5. The molecule has 0 amide bonds. The maximum Gasteiger partial charge on any atom is 0.312 e. The van der Waals surface area contributed by atoms with E-state index in [1.165, 1.54) is 5.56 Å². The lowest BCUT2D eigenvalue weighted by Gasteiger charge is -2.04. The van der Waals surface area contributed by atoms with Crippen LogP contribution in [0.2, 0.25) is 0 Å². The molecule has 0 aliphatic carbocycles. The number of carbonyl (C=O) groups excluding carboxylic acids is 1. The molecule has 0 unspecified atom stereocenters. The number of H-pyrrole nitrogens is 1. The fraction of sp³-hybridized carbons (Fsp3) is 0.190. The van der Waals surface area contributed by atoms with Crippen molar-refractivity contribution < 1.29 is 14.1 Å². The number of hydrogen-bond acceptors (Lipinski definition) is 7. The van der Waals surface area contributed by atoms with Crippen LogP contribution in [-0.2, 0) is 29.0 Å². The van der Waals surface area contributed by atoms with E-state index in [0.717, 1.165) is 12.0 Å². The summed E-state index contributed by atoms with van der Waals surface area (Å²) in [5, 5.41) is 11.4. The summed E-state index contributed by atoms with van der Waals surface area (Å²) in [7, 11) is 0. The van der Waals surface area contributed by atoms with Crippen molar-refractivity contribution in [3.63, 3.8) is 0 Å². The molecule has 0 atom stereocenters. The fourth-order valence-electron chi connectivity index (χ4n) is 2.96. The minimum Gasteiger partial charge on any atom is -0.455 e. The van der Waals surface area contributed by atoms with Crippen LogP contribution in [-0.4, -0.2) is 26.3 Å². The van der Waals surface area contributed by atoms with Crippen molar-refractivity contribution in [3.05, 3.63) is 76.0 Å². The van der Waals surface area contributed by atoms with Crippen molar-refractivity contribution in [1.82, 2.24) is 20.3 Å². The smallest absolute Gasteiger partial charge is 0.312 e. The average molecular weight is 390 g/mol. The van der Waals surface area contributed by atoms with E-state index in [1.807, 2.05) is 24.3 Å². The van der Waals surface area contributed by atoms with Gasteiger partial charge in [0, 0.05) is 10.9 Å². The number of rotatable bonds is 6. The van der Waals surface area contributed by atoms with Crippen LogP contribution in [0.1, 0.15) is 24.1 Å². The molecule has 0 saturated heterocycles. The van der Waals surface area contributed by atoms with Crippen LogP contribution < -0.4 is 5.56 Å². The fourth-order valence-corrected chi connectivity index (χ4v) is 2.96.